The van der Waals surface area contributed by atoms with E-state index in [1.807, 2.05) is 0 Å². The molecule has 0 spiro atoms. The molecule has 1 aliphatic carbocycles. The maximum Gasteiger partial charge on any atom is 0.244 e. The van der Waals surface area contributed by atoms with Crippen LogP contribution in [-0.4, -0.2) is 86.9 Å². The first-order valence-electron chi connectivity index (χ1n) is 16.9. The molecular formula is C35H49N7O8. The number of amides is 6. The Balaban J connectivity index is 1.62. The third-order valence-electron chi connectivity index (χ3n) is 8.20. The van der Waals surface area contributed by atoms with Gasteiger partial charge in [-0.1, -0.05) is 30.3 Å². The molecule has 50 heavy (non-hydrogen) atoms. The third kappa shape index (κ3) is 13.8. The predicted molar refractivity (Wildman–Crippen MR) is 184 cm³/mol. The first-order chi connectivity index (χ1) is 24.2. The van der Waals surface area contributed by atoms with Gasteiger partial charge in [-0.2, -0.15) is 0 Å². The van der Waals surface area contributed by atoms with E-state index in [1.54, 1.807) is 49.4 Å². The van der Waals surface area contributed by atoms with E-state index in [2.05, 4.69) is 31.9 Å². The van der Waals surface area contributed by atoms with Crippen LogP contribution in [-0.2, 0) is 52.9 Å². The predicted octanol–water partition coefficient (Wildman–Crippen LogP) is -0.261. The van der Waals surface area contributed by atoms with Crippen LogP contribution in [0.1, 0.15) is 49.5 Å². The summed E-state index contributed by atoms with van der Waals surface area (Å²) in [6.45, 7) is 2.74. The topological polar surface area (TPSA) is 223 Å². The van der Waals surface area contributed by atoms with E-state index in [1.165, 1.54) is 12.3 Å². The van der Waals surface area contributed by atoms with Gasteiger partial charge >= 0.3 is 0 Å². The van der Waals surface area contributed by atoms with Gasteiger partial charge in [0.25, 0.3) is 0 Å². The fourth-order valence-corrected chi connectivity index (χ4v) is 5.55. The van der Waals surface area contributed by atoms with E-state index in [4.69, 9.17) is 14.9 Å². The molecule has 2 aromatic rings. The number of hydrogen-bond acceptors (Lipinski definition) is 9. The molecule has 1 aliphatic rings. The maximum atomic E-state index is 13.5. The van der Waals surface area contributed by atoms with Gasteiger partial charge in [-0.3, -0.25) is 28.8 Å². The Morgan fingerprint density at radius 3 is 2.34 bits per heavy atom. The van der Waals surface area contributed by atoms with Crippen LogP contribution in [0.4, 0.5) is 0 Å². The number of benzene rings is 1. The normalized spacial score (nSPS) is 16.8. The molecule has 15 nitrogen and oxygen atoms in total. The van der Waals surface area contributed by atoms with Crippen LogP contribution in [0.25, 0.3) is 0 Å². The van der Waals surface area contributed by atoms with E-state index in [0.717, 1.165) is 0 Å². The molecular weight excluding hydrogens is 646 g/mol. The van der Waals surface area contributed by atoms with Crippen molar-refractivity contribution in [2.75, 3.05) is 32.8 Å². The Labute approximate surface area is 291 Å². The first-order valence-corrected chi connectivity index (χ1v) is 16.9. The standard InChI is InChI=1S/C35H49N7O8/c1-2-6-31(44)38-22-30(35(48)37-15-18-49-17-14-36)41-32(45)19-25-7-3-4-8-26(25)21-39-34(47)29(20-28-9-5-16-50-28)42-33(46)24-10-12-27(13-11-24)40-23-43/h2-9,16,23-24,27,29-30H,10-15,17-22,36H2,1H3,(H,37,48)(H,38,44)(H,39,47)(H,40,43)(H,41,45)(H,42,46)/b6-2-/t24-,27+,29-,30-/m0/s1. The Morgan fingerprint density at radius 1 is 0.920 bits per heavy atom. The summed E-state index contributed by atoms with van der Waals surface area (Å²) >= 11 is 0. The van der Waals surface area contributed by atoms with Crippen molar-refractivity contribution in [3.05, 3.63) is 71.7 Å². The Morgan fingerprint density at radius 2 is 1.66 bits per heavy atom. The average Bonchev–Trinajstić information content (AvgIpc) is 3.63. The molecule has 1 heterocycles. The lowest BCUT2D eigenvalue weighted by molar-refractivity contribution is -0.132. The Bertz CT molecular complexity index is 1420. The molecule has 0 saturated heterocycles. The van der Waals surface area contributed by atoms with E-state index < -0.39 is 35.7 Å². The van der Waals surface area contributed by atoms with Crippen LogP contribution in [0.3, 0.4) is 0 Å². The van der Waals surface area contributed by atoms with Crippen molar-refractivity contribution in [3.8, 4) is 0 Å². The van der Waals surface area contributed by atoms with Gasteiger partial charge in [-0.05, 0) is 61.9 Å². The van der Waals surface area contributed by atoms with Gasteiger partial charge in [0.05, 0.1) is 25.9 Å². The van der Waals surface area contributed by atoms with Crippen molar-refractivity contribution in [2.24, 2.45) is 11.7 Å². The van der Waals surface area contributed by atoms with Crippen molar-refractivity contribution in [1.29, 1.82) is 0 Å². The lowest BCUT2D eigenvalue weighted by Crippen LogP contribution is -2.53. The van der Waals surface area contributed by atoms with Crippen molar-refractivity contribution in [1.82, 2.24) is 31.9 Å². The summed E-state index contributed by atoms with van der Waals surface area (Å²) in [5.74, 6) is -1.78. The highest BCUT2D eigenvalue weighted by molar-refractivity contribution is 5.91. The van der Waals surface area contributed by atoms with Crippen LogP contribution < -0.4 is 37.6 Å². The van der Waals surface area contributed by atoms with E-state index >= 15 is 0 Å². The molecule has 272 valence electrons. The van der Waals surface area contributed by atoms with Crippen LogP contribution in [0.2, 0.25) is 0 Å². The average molecular weight is 696 g/mol. The highest BCUT2D eigenvalue weighted by Crippen LogP contribution is 2.24. The lowest BCUT2D eigenvalue weighted by atomic mass is 9.85. The monoisotopic (exact) mass is 695 g/mol. The molecule has 0 radical (unpaired) electrons. The van der Waals surface area contributed by atoms with Crippen LogP contribution in [0.5, 0.6) is 0 Å². The molecule has 1 aromatic carbocycles. The number of carbonyl (C=O) groups is 6. The van der Waals surface area contributed by atoms with Crippen molar-refractivity contribution in [2.45, 2.75) is 70.1 Å². The highest BCUT2D eigenvalue weighted by Gasteiger charge is 2.30. The Kier molecular flexibility index (Phi) is 17.2. The van der Waals surface area contributed by atoms with E-state index in [-0.39, 0.29) is 56.9 Å². The number of ether oxygens (including phenoxy) is 1. The minimum absolute atomic E-state index is 0.0414. The molecule has 0 aliphatic heterocycles. The van der Waals surface area contributed by atoms with E-state index in [9.17, 15) is 28.8 Å². The van der Waals surface area contributed by atoms with E-state index in [0.29, 0.717) is 62.1 Å². The summed E-state index contributed by atoms with van der Waals surface area (Å²) in [6.07, 6.45) is 7.62. The minimum atomic E-state index is -1.06. The molecule has 15 heteroatoms. The quantitative estimate of drug-likeness (QED) is 0.0519. The number of allylic oxidation sites excluding steroid dienone is 1. The summed E-state index contributed by atoms with van der Waals surface area (Å²) in [4.78, 5) is 75.6. The first kappa shape index (κ1) is 39.4. The van der Waals surface area contributed by atoms with Crippen LogP contribution >= 0.6 is 0 Å². The zero-order chi connectivity index (χ0) is 36.1. The van der Waals surface area contributed by atoms with Crippen molar-refractivity contribution < 1.29 is 37.9 Å². The number of rotatable bonds is 21. The number of hydrogen-bond donors (Lipinski definition) is 7. The smallest absolute Gasteiger partial charge is 0.244 e. The molecule has 1 saturated carbocycles. The van der Waals surface area contributed by atoms with Gasteiger partial charge in [0.1, 0.15) is 17.8 Å². The highest BCUT2D eigenvalue weighted by atomic mass is 16.5. The molecule has 1 fully saturated rings. The largest absolute Gasteiger partial charge is 0.469 e. The van der Waals surface area contributed by atoms with Gasteiger partial charge in [-0.25, -0.2) is 0 Å². The summed E-state index contributed by atoms with van der Waals surface area (Å²) in [7, 11) is 0. The summed E-state index contributed by atoms with van der Waals surface area (Å²) < 4.78 is 10.7. The second kappa shape index (κ2) is 21.8. The summed E-state index contributed by atoms with van der Waals surface area (Å²) in [6, 6.07) is 8.57. The van der Waals surface area contributed by atoms with Crippen LogP contribution in [0.15, 0.2) is 59.2 Å². The molecule has 2 atom stereocenters. The van der Waals surface area contributed by atoms with Gasteiger partial charge in [-0.15, -0.1) is 0 Å². The molecule has 8 N–H and O–H groups in total. The third-order valence-corrected chi connectivity index (χ3v) is 8.20. The maximum absolute atomic E-state index is 13.5. The lowest BCUT2D eigenvalue weighted by Gasteiger charge is -2.28. The fraction of sp³-hybridized carbons (Fsp3) is 0.486. The molecule has 1 aromatic heterocycles. The SMILES string of the molecule is C/C=C\C(=O)NC[C@H](NC(=O)Cc1ccccc1CNC(=O)[C@H](Cc1ccco1)NC(=O)[C@H]1CC[C@@H](NC=O)CC1)C(=O)NCCOCCN. The molecule has 0 unspecified atom stereocenters. The number of carbonyl (C=O) groups excluding carboxylic acids is 6. The number of nitrogens with two attached hydrogens (primary N) is 1. The second-order valence-electron chi connectivity index (χ2n) is 11.9. The Hall–Kier alpha value is -5.02. The molecule has 6 amide bonds. The minimum Gasteiger partial charge on any atom is -0.469 e. The van der Waals surface area contributed by atoms with Gasteiger partial charge < -0.3 is 46.8 Å². The second-order valence-corrected chi connectivity index (χ2v) is 11.9. The van der Waals surface area contributed by atoms with Gasteiger partial charge in [0, 0.05) is 44.6 Å². The zero-order valence-electron chi connectivity index (χ0n) is 28.4. The summed E-state index contributed by atoms with van der Waals surface area (Å²) in [5.41, 5.74) is 6.69. The van der Waals surface area contributed by atoms with Gasteiger partial charge in [0.2, 0.25) is 35.9 Å². The molecule has 0 bridgehead atoms. The number of nitrogens with one attached hydrogen (secondary N) is 6. The summed E-state index contributed by atoms with van der Waals surface area (Å²) in [5, 5.41) is 16.5. The van der Waals surface area contributed by atoms with Crippen molar-refractivity contribution >= 4 is 35.9 Å². The fourth-order valence-electron chi connectivity index (χ4n) is 5.55. The van der Waals surface area contributed by atoms with Crippen molar-refractivity contribution in [3.63, 3.8) is 0 Å². The van der Waals surface area contributed by atoms with Gasteiger partial charge in [0.15, 0.2) is 0 Å². The number of furan rings is 1. The molecule has 3 rings (SSSR count). The van der Waals surface area contributed by atoms with Crippen LogP contribution in [0, 0.1) is 5.92 Å². The zero-order valence-corrected chi connectivity index (χ0v) is 28.4.